The Morgan fingerprint density at radius 3 is 2.29 bits per heavy atom. The molecule has 0 heterocycles. The SMILES string of the molecule is CCC(CC)CN(CC)C(N)=NC1CCCC1. The van der Waals surface area contributed by atoms with Crippen LogP contribution in [-0.4, -0.2) is 30.0 Å². The molecule has 17 heavy (non-hydrogen) atoms. The highest BCUT2D eigenvalue weighted by Gasteiger charge is 2.17. The molecular formula is C14H29N3. The predicted molar refractivity (Wildman–Crippen MR) is 75.2 cm³/mol. The Labute approximate surface area is 106 Å². The number of guanidine groups is 1. The molecule has 100 valence electrons. The third kappa shape index (κ3) is 4.57. The fraction of sp³-hybridized carbons (Fsp3) is 0.929. The van der Waals surface area contributed by atoms with Crippen molar-refractivity contribution in [1.29, 1.82) is 0 Å². The fourth-order valence-electron chi connectivity index (χ4n) is 2.55. The average Bonchev–Trinajstić information content (AvgIpc) is 2.83. The van der Waals surface area contributed by atoms with Crippen LogP contribution in [0.15, 0.2) is 4.99 Å². The molecule has 1 saturated carbocycles. The zero-order valence-corrected chi connectivity index (χ0v) is 11.8. The molecule has 0 bridgehead atoms. The largest absolute Gasteiger partial charge is 0.370 e. The van der Waals surface area contributed by atoms with Gasteiger partial charge in [0.15, 0.2) is 5.96 Å². The molecule has 0 saturated heterocycles. The van der Waals surface area contributed by atoms with E-state index in [9.17, 15) is 0 Å². The summed E-state index contributed by atoms with van der Waals surface area (Å²) in [4.78, 5) is 6.94. The number of nitrogens with zero attached hydrogens (tertiary/aromatic N) is 2. The van der Waals surface area contributed by atoms with Crippen LogP contribution < -0.4 is 5.73 Å². The standard InChI is InChI=1S/C14H29N3/c1-4-12(5-2)11-17(6-3)14(15)16-13-9-7-8-10-13/h12-13H,4-11H2,1-3H3,(H2,15,16). The van der Waals surface area contributed by atoms with E-state index in [0.29, 0.717) is 6.04 Å². The van der Waals surface area contributed by atoms with Crippen molar-refractivity contribution in [3.8, 4) is 0 Å². The lowest BCUT2D eigenvalue weighted by Gasteiger charge is -2.26. The molecule has 0 radical (unpaired) electrons. The van der Waals surface area contributed by atoms with Crippen LogP contribution in [0.1, 0.15) is 59.3 Å². The molecule has 2 N–H and O–H groups in total. The summed E-state index contributed by atoms with van der Waals surface area (Å²) in [7, 11) is 0. The van der Waals surface area contributed by atoms with Crippen LogP contribution in [0.2, 0.25) is 0 Å². The van der Waals surface area contributed by atoms with E-state index in [4.69, 9.17) is 5.73 Å². The van der Waals surface area contributed by atoms with E-state index < -0.39 is 0 Å². The third-order valence-electron chi connectivity index (χ3n) is 3.98. The topological polar surface area (TPSA) is 41.6 Å². The van der Waals surface area contributed by atoms with Gasteiger partial charge in [0.1, 0.15) is 0 Å². The molecule has 0 aliphatic heterocycles. The molecule has 3 nitrogen and oxygen atoms in total. The molecule has 3 heteroatoms. The van der Waals surface area contributed by atoms with E-state index in [2.05, 4.69) is 30.7 Å². The molecule has 0 aromatic heterocycles. The van der Waals surface area contributed by atoms with Crippen molar-refractivity contribution < 1.29 is 0 Å². The van der Waals surface area contributed by atoms with Crippen LogP contribution in [0.3, 0.4) is 0 Å². The summed E-state index contributed by atoms with van der Waals surface area (Å²) in [5.41, 5.74) is 6.14. The zero-order valence-electron chi connectivity index (χ0n) is 11.8. The van der Waals surface area contributed by atoms with Crippen LogP contribution in [-0.2, 0) is 0 Å². The maximum atomic E-state index is 6.14. The summed E-state index contributed by atoms with van der Waals surface area (Å²) in [5, 5.41) is 0. The van der Waals surface area contributed by atoms with E-state index in [0.717, 1.165) is 25.0 Å². The van der Waals surface area contributed by atoms with Gasteiger partial charge in [-0.3, -0.25) is 0 Å². The first kappa shape index (κ1) is 14.3. The van der Waals surface area contributed by atoms with Gasteiger partial charge in [-0.2, -0.15) is 0 Å². The van der Waals surface area contributed by atoms with Gasteiger partial charge in [0.05, 0.1) is 6.04 Å². The minimum Gasteiger partial charge on any atom is -0.370 e. The second-order valence-corrected chi connectivity index (χ2v) is 5.15. The summed E-state index contributed by atoms with van der Waals surface area (Å²) < 4.78 is 0. The zero-order chi connectivity index (χ0) is 12.7. The molecule has 0 aromatic rings. The van der Waals surface area contributed by atoms with Crippen LogP contribution in [0.4, 0.5) is 0 Å². The van der Waals surface area contributed by atoms with Gasteiger partial charge in [-0.05, 0) is 25.7 Å². The van der Waals surface area contributed by atoms with Crippen molar-refractivity contribution in [2.75, 3.05) is 13.1 Å². The van der Waals surface area contributed by atoms with Gasteiger partial charge in [-0.25, -0.2) is 4.99 Å². The van der Waals surface area contributed by atoms with Gasteiger partial charge < -0.3 is 10.6 Å². The number of aliphatic imine (C=N–C) groups is 1. The Hall–Kier alpha value is -0.730. The quantitative estimate of drug-likeness (QED) is 0.572. The molecule has 0 unspecified atom stereocenters. The van der Waals surface area contributed by atoms with Gasteiger partial charge in [-0.1, -0.05) is 39.5 Å². The summed E-state index contributed by atoms with van der Waals surface area (Å²) in [6.45, 7) is 8.71. The van der Waals surface area contributed by atoms with Crippen molar-refractivity contribution >= 4 is 5.96 Å². The Morgan fingerprint density at radius 1 is 1.24 bits per heavy atom. The molecule has 0 aromatic carbocycles. The van der Waals surface area contributed by atoms with Gasteiger partial charge in [-0.15, -0.1) is 0 Å². The summed E-state index contributed by atoms with van der Waals surface area (Å²) in [5.74, 6) is 1.51. The number of hydrogen-bond acceptors (Lipinski definition) is 1. The molecule has 1 aliphatic carbocycles. The van der Waals surface area contributed by atoms with Crippen molar-refractivity contribution in [1.82, 2.24) is 4.90 Å². The van der Waals surface area contributed by atoms with Crippen molar-refractivity contribution in [3.05, 3.63) is 0 Å². The smallest absolute Gasteiger partial charge is 0.191 e. The average molecular weight is 239 g/mol. The maximum absolute atomic E-state index is 6.14. The lowest BCUT2D eigenvalue weighted by Crippen LogP contribution is -2.41. The maximum Gasteiger partial charge on any atom is 0.191 e. The number of nitrogens with two attached hydrogens (primary N) is 1. The van der Waals surface area contributed by atoms with Crippen LogP contribution in [0.5, 0.6) is 0 Å². The molecule has 1 rings (SSSR count). The van der Waals surface area contributed by atoms with Crippen LogP contribution in [0, 0.1) is 5.92 Å². The highest BCUT2D eigenvalue weighted by Crippen LogP contribution is 2.21. The lowest BCUT2D eigenvalue weighted by molar-refractivity contribution is 0.330. The number of hydrogen-bond donors (Lipinski definition) is 1. The molecule has 1 aliphatic rings. The number of rotatable bonds is 6. The van der Waals surface area contributed by atoms with E-state index in [1.54, 1.807) is 0 Å². The van der Waals surface area contributed by atoms with Crippen molar-refractivity contribution in [3.63, 3.8) is 0 Å². The van der Waals surface area contributed by atoms with Gasteiger partial charge in [0.2, 0.25) is 0 Å². The fourth-order valence-corrected chi connectivity index (χ4v) is 2.55. The van der Waals surface area contributed by atoms with Gasteiger partial charge in [0, 0.05) is 13.1 Å². The summed E-state index contributed by atoms with van der Waals surface area (Å²) >= 11 is 0. The first-order valence-electron chi connectivity index (χ1n) is 7.29. The first-order valence-corrected chi connectivity index (χ1v) is 7.29. The molecule has 1 fully saturated rings. The normalized spacial score (nSPS) is 18.0. The minimum absolute atomic E-state index is 0.491. The lowest BCUT2D eigenvalue weighted by atomic mass is 10.0. The van der Waals surface area contributed by atoms with Crippen LogP contribution >= 0.6 is 0 Å². The Kier molecular flexibility index (Phi) is 6.38. The molecular weight excluding hydrogens is 210 g/mol. The Morgan fingerprint density at radius 2 is 1.82 bits per heavy atom. The monoisotopic (exact) mass is 239 g/mol. The van der Waals surface area contributed by atoms with Crippen molar-refractivity contribution in [2.45, 2.75) is 65.3 Å². The molecule has 0 atom stereocenters. The van der Waals surface area contributed by atoms with E-state index >= 15 is 0 Å². The van der Waals surface area contributed by atoms with Gasteiger partial charge in [0.25, 0.3) is 0 Å². The second kappa shape index (κ2) is 7.57. The van der Waals surface area contributed by atoms with Gasteiger partial charge >= 0.3 is 0 Å². The molecule has 0 amide bonds. The van der Waals surface area contributed by atoms with E-state index in [1.165, 1.54) is 38.5 Å². The highest BCUT2D eigenvalue weighted by molar-refractivity contribution is 5.78. The third-order valence-corrected chi connectivity index (χ3v) is 3.98. The highest BCUT2D eigenvalue weighted by atomic mass is 15.3. The first-order chi connectivity index (χ1) is 8.21. The minimum atomic E-state index is 0.491. The predicted octanol–water partition coefficient (Wildman–Crippen LogP) is 3.00. The second-order valence-electron chi connectivity index (χ2n) is 5.15. The van der Waals surface area contributed by atoms with E-state index in [1.807, 2.05) is 0 Å². The van der Waals surface area contributed by atoms with E-state index in [-0.39, 0.29) is 0 Å². The Balaban J connectivity index is 2.52. The Bertz CT molecular complexity index is 228. The van der Waals surface area contributed by atoms with Crippen LogP contribution in [0.25, 0.3) is 0 Å². The summed E-state index contributed by atoms with van der Waals surface area (Å²) in [6.07, 6.45) is 7.54. The molecule has 0 spiro atoms. The summed E-state index contributed by atoms with van der Waals surface area (Å²) in [6, 6.07) is 0.491. The van der Waals surface area contributed by atoms with Crippen molar-refractivity contribution in [2.24, 2.45) is 16.6 Å².